The van der Waals surface area contributed by atoms with E-state index in [0.717, 1.165) is 5.56 Å². The van der Waals surface area contributed by atoms with Crippen LogP contribution in [0, 0.1) is 0 Å². The van der Waals surface area contributed by atoms with Gasteiger partial charge in [-0.1, -0.05) is 29.3 Å². The van der Waals surface area contributed by atoms with Crippen LogP contribution in [-0.2, 0) is 11.3 Å². The average Bonchev–Trinajstić information content (AvgIpc) is 2.46. The number of carbonyl (C=O) groups is 1. The van der Waals surface area contributed by atoms with Crippen molar-refractivity contribution in [2.24, 2.45) is 0 Å². The molecular formula is C14H13Cl2N3O. The summed E-state index contributed by atoms with van der Waals surface area (Å²) in [5.41, 5.74) is 1.55. The zero-order valence-corrected chi connectivity index (χ0v) is 12.1. The SMILES string of the molecule is O=C(CNc1c(Cl)cccc1Cl)NCc1ccncc1. The lowest BCUT2D eigenvalue weighted by atomic mass is 10.2. The van der Waals surface area contributed by atoms with E-state index < -0.39 is 0 Å². The molecular weight excluding hydrogens is 297 g/mol. The molecule has 0 unspecified atom stereocenters. The lowest BCUT2D eigenvalue weighted by Gasteiger charge is -2.10. The van der Waals surface area contributed by atoms with Gasteiger partial charge in [-0.2, -0.15) is 0 Å². The quantitative estimate of drug-likeness (QED) is 0.892. The summed E-state index contributed by atoms with van der Waals surface area (Å²) in [5, 5.41) is 6.69. The van der Waals surface area contributed by atoms with Crippen molar-refractivity contribution in [2.75, 3.05) is 11.9 Å². The molecule has 0 aliphatic carbocycles. The second kappa shape index (κ2) is 7.12. The molecule has 1 heterocycles. The molecule has 0 spiro atoms. The minimum atomic E-state index is -0.141. The van der Waals surface area contributed by atoms with Crippen molar-refractivity contribution in [3.63, 3.8) is 0 Å². The minimum absolute atomic E-state index is 0.106. The third-order valence-corrected chi connectivity index (χ3v) is 3.26. The highest BCUT2D eigenvalue weighted by molar-refractivity contribution is 6.39. The number of para-hydroxylation sites is 1. The largest absolute Gasteiger partial charge is 0.374 e. The van der Waals surface area contributed by atoms with Crippen molar-refractivity contribution >= 4 is 34.8 Å². The third kappa shape index (κ3) is 4.11. The molecule has 20 heavy (non-hydrogen) atoms. The molecule has 2 rings (SSSR count). The molecule has 0 saturated heterocycles. The summed E-state index contributed by atoms with van der Waals surface area (Å²) in [5.74, 6) is -0.141. The molecule has 6 heteroatoms. The number of aromatic nitrogens is 1. The number of hydrogen-bond donors (Lipinski definition) is 2. The minimum Gasteiger partial charge on any atom is -0.374 e. The molecule has 0 aliphatic rings. The topological polar surface area (TPSA) is 54.0 Å². The van der Waals surface area contributed by atoms with Crippen molar-refractivity contribution < 1.29 is 4.79 Å². The van der Waals surface area contributed by atoms with Gasteiger partial charge in [0.05, 0.1) is 22.3 Å². The fourth-order valence-corrected chi connectivity index (χ4v) is 2.13. The van der Waals surface area contributed by atoms with Gasteiger partial charge in [0, 0.05) is 18.9 Å². The fraction of sp³-hybridized carbons (Fsp3) is 0.143. The van der Waals surface area contributed by atoms with Gasteiger partial charge >= 0.3 is 0 Å². The second-order valence-corrected chi connectivity index (χ2v) is 4.90. The van der Waals surface area contributed by atoms with Crippen LogP contribution < -0.4 is 10.6 Å². The van der Waals surface area contributed by atoms with Gasteiger partial charge in [-0.05, 0) is 29.8 Å². The van der Waals surface area contributed by atoms with E-state index >= 15 is 0 Å². The Morgan fingerprint density at radius 3 is 2.40 bits per heavy atom. The Balaban J connectivity index is 1.84. The molecule has 104 valence electrons. The number of carbonyl (C=O) groups excluding carboxylic acids is 1. The summed E-state index contributed by atoms with van der Waals surface area (Å²) in [4.78, 5) is 15.7. The first-order chi connectivity index (χ1) is 9.66. The molecule has 1 aromatic carbocycles. The van der Waals surface area contributed by atoms with Crippen molar-refractivity contribution in [3.05, 3.63) is 58.3 Å². The van der Waals surface area contributed by atoms with Gasteiger partial charge < -0.3 is 10.6 Å². The number of nitrogens with zero attached hydrogens (tertiary/aromatic N) is 1. The Bertz CT molecular complexity index is 570. The standard InChI is InChI=1S/C14H13Cl2N3O/c15-11-2-1-3-12(16)14(11)19-9-13(20)18-8-10-4-6-17-7-5-10/h1-7,19H,8-9H2,(H,18,20). The molecule has 1 aromatic heterocycles. The van der Waals surface area contributed by atoms with Crippen LogP contribution in [0.3, 0.4) is 0 Å². The van der Waals surface area contributed by atoms with Crippen LogP contribution in [0.15, 0.2) is 42.7 Å². The normalized spacial score (nSPS) is 10.1. The second-order valence-electron chi connectivity index (χ2n) is 4.08. The number of hydrogen-bond acceptors (Lipinski definition) is 3. The Morgan fingerprint density at radius 2 is 1.75 bits per heavy atom. The predicted octanol–water partition coefficient (Wildman–Crippen LogP) is 3.12. The van der Waals surface area contributed by atoms with Crippen molar-refractivity contribution in [3.8, 4) is 0 Å². The molecule has 0 saturated carbocycles. The first-order valence-corrected chi connectivity index (χ1v) is 6.76. The molecule has 0 bridgehead atoms. The number of anilines is 1. The van der Waals surface area contributed by atoms with Gasteiger partial charge in [-0.15, -0.1) is 0 Å². The molecule has 0 atom stereocenters. The van der Waals surface area contributed by atoms with E-state index in [4.69, 9.17) is 23.2 Å². The summed E-state index contributed by atoms with van der Waals surface area (Å²) < 4.78 is 0. The maximum Gasteiger partial charge on any atom is 0.239 e. The lowest BCUT2D eigenvalue weighted by Crippen LogP contribution is -2.29. The van der Waals surface area contributed by atoms with Crippen molar-refractivity contribution in [1.82, 2.24) is 10.3 Å². The van der Waals surface area contributed by atoms with E-state index in [1.54, 1.807) is 30.6 Å². The van der Waals surface area contributed by atoms with E-state index in [2.05, 4.69) is 15.6 Å². The van der Waals surface area contributed by atoms with Crippen LogP contribution in [0.5, 0.6) is 0 Å². The predicted molar refractivity (Wildman–Crippen MR) is 81.0 cm³/mol. The number of nitrogens with one attached hydrogen (secondary N) is 2. The van der Waals surface area contributed by atoms with Gasteiger partial charge in [0.25, 0.3) is 0 Å². The Kier molecular flexibility index (Phi) is 5.21. The Hall–Kier alpha value is -1.78. The van der Waals surface area contributed by atoms with E-state index in [-0.39, 0.29) is 12.5 Å². The van der Waals surface area contributed by atoms with Crippen LogP contribution >= 0.6 is 23.2 Å². The zero-order valence-electron chi connectivity index (χ0n) is 10.6. The van der Waals surface area contributed by atoms with E-state index in [1.807, 2.05) is 12.1 Å². The van der Waals surface area contributed by atoms with E-state index in [9.17, 15) is 4.79 Å². The van der Waals surface area contributed by atoms with Crippen LogP contribution in [0.2, 0.25) is 10.0 Å². The zero-order chi connectivity index (χ0) is 14.4. The van der Waals surface area contributed by atoms with Gasteiger partial charge in [0.15, 0.2) is 0 Å². The first-order valence-electron chi connectivity index (χ1n) is 6.00. The van der Waals surface area contributed by atoms with Crippen LogP contribution in [0.1, 0.15) is 5.56 Å². The van der Waals surface area contributed by atoms with Crippen molar-refractivity contribution in [2.45, 2.75) is 6.54 Å². The maximum absolute atomic E-state index is 11.7. The fourth-order valence-electron chi connectivity index (χ4n) is 1.60. The first kappa shape index (κ1) is 14.6. The lowest BCUT2D eigenvalue weighted by molar-refractivity contribution is -0.119. The smallest absolute Gasteiger partial charge is 0.239 e. The van der Waals surface area contributed by atoms with Crippen LogP contribution in [-0.4, -0.2) is 17.4 Å². The molecule has 0 radical (unpaired) electrons. The number of halogens is 2. The average molecular weight is 310 g/mol. The number of pyridine rings is 1. The van der Waals surface area contributed by atoms with Gasteiger partial charge in [0.2, 0.25) is 5.91 Å². The number of amides is 1. The Morgan fingerprint density at radius 1 is 1.10 bits per heavy atom. The summed E-state index contributed by atoms with van der Waals surface area (Å²) in [6.07, 6.45) is 3.37. The molecule has 2 aromatic rings. The summed E-state index contributed by atoms with van der Waals surface area (Å²) in [7, 11) is 0. The Labute approximate surface area is 127 Å². The summed E-state index contributed by atoms with van der Waals surface area (Å²) in [6.45, 7) is 0.563. The highest BCUT2D eigenvalue weighted by Gasteiger charge is 2.07. The monoisotopic (exact) mass is 309 g/mol. The summed E-state index contributed by atoms with van der Waals surface area (Å²) in [6, 6.07) is 8.87. The van der Waals surface area contributed by atoms with Crippen LogP contribution in [0.4, 0.5) is 5.69 Å². The highest BCUT2D eigenvalue weighted by Crippen LogP contribution is 2.29. The molecule has 0 fully saturated rings. The van der Waals surface area contributed by atoms with E-state index in [1.165, 1.54) is 0 Å². The molecule has 0 aliphatic heterocycles. The van der Waals surface area contributed by atoms with Gasteiger partial charge in [-0.25, -0.2) is 0 Å². The van der Waals surface area contributed by atoms with Crippen LogP contribution in [0.25, 0.3) is 0 Å². The van der Waals surface area contributed by atoms with Gasteiger partial charge in [-0.3, -0.25) is 9.78 Å². The third-order valence-electron chi connectivity index (χ3n) is 2.63. The molecule has 2 N–H and O–H groups in total. The van der Waals surface area contributed by atoms with E-state index in [0.29, 0.717) is 22.3 Å². The maximum atomic E-state index is 11.7. The summed E-state index contributed by atoms with van der Waals surface area (Å²) >= 11 is 12.0. The molecule has 1 amide bonds. The molecule has 4 nitrogen and oxygen atoms in total. The number of rotatable bonds is 5. The van der Waals surface area contributed by atoms with Crippen molar-refractivity contribution in [1.29, 1.82) is 0 Å². The van der Waals surface area contributed by atoms with Gasteiger partial charge in [0.1, 0.15) is 0 Å². The highest BCUT2D eigenvalue weighted by atomic mass is 35.5. The number of benzene rings is 1.